The zero-order valence-electron chi connectivity index (χ0n) is 21.0. The normalized spacial score (nSPS) is 20.5. The van der Waals surface area contributed by atoms with Crippen LogP contribution in [-0.2, 0) is 0 Å². The number of aromatic amines is 1. The highest BCUT2D eigenvalue weighted by Crippen LogP contribution is 2.32. The highest BCUT2D eigenvalue weighted by molar-refractivity contribution is 5.98. The average Bonchev–Trinajstić information content (AvgIpc) is 3.35. The van der Waals surface area contributed by atoms with E-state index < -0.39 is 6.10 Å². The number of aromatic nitrogens is 1. The van der Waals surface area contributed by atoms with Crippen LogP contribution in [0.3, 0.4) is 0 Å². The maximum Gasteiger partial charge on any atom is 0.270 e. The van der Waals surface area contributed by atoms with Crippen LogP contribution in [0, 0.1) is 11.7 Å². The Morgan fingerprint density at radius 1 is 1.11 bits per heavy atom. The molecule has 0 bridgehead atoms. The number of benzene rings is 2. The van der Waals surface area contributed by atoms with Gasteiger partial charge in [0.2, 0.25) is 0 Å². The van der Waals surface area contributed by atoms with Gasteiger partial charge in [0.1, 0.15) is 17.3 Å². The summed E-state index contributed by atoms with van der Waals surface area (Å²) in [5.41, 5.74) is 2.24. The lowest BCUT2D eigenvalue weighted by molar-refractivity contribution is 0.0474. The summed E-state index contributed by atoms with van der Waals surface area (Å²) in [5, 5.41) is 11.7. The molecule has 192 valence electrons. The summed E-state index contributed by atoms with van der Waals surface area (Å²) < 4.78 is 18.9. The van der Waals surface area contributed by atoms with Gasteiger partial charge in [0.05, 0.1) is 13.2 Å². The Labute approximate surface area is 212 Å². The molecule has 2 fully saturated rings. The standard InChI is InChI=1S/C29H36FN3O3/c1-36-25-8-9-26-22(18-25)19-27(31-26)29(35)33-13-3-2-7-24(33)12-16-32-14-10-20(11-15-32)28(34)21-5-4-6-23(30)17-21/h4-6,8-9,17-20,24,28,31,34H,2-3,7,10-16H2,1H3/t24-,28?/m0/s1. The number of carbonyl (C=O) groups excluding carboxylic acids is 1. The highest BCUT2D eigenvalue weighted by Gasteiger charge is 2.30. The van der Waals surface area contributed by atoms with Gasteiger partial charge in [-0.15, -0.1) is 0 Å². The Bertz CT molecular complexity index is 1190. The fraction of sp³-hybridized carbons (Fsp3) is 0.483. The Morgan fingerprint density at radius 3 is 2.72 bits per heavy atom. The van der Waals surface area contributed by atoms with Gasteiger partial charge in [-0.05, 0) is 99.5 Å². The second kappa shape index (κ2) is 11.0. The molecule has 2 aromatic carbocycles. The molecule has 0 radical (unpaired) electrons. The molecule has 2 atom stereocenters. The van der Waals surface area contributed by atoms with Crippen LogP contribution in [0.2, 0.25) is 0 Å². The smallest absolute Gasteiger partial charge is 0.270 e. The van der Waals surface area contributed by atoms with Gasteiger partial charge in [-0.1, -0.05) is 12.1 Å². The molecule has 2 aliphatic heterocycles. The number of aliphatic hydroxyl groups is 1. The van der Waals surface area contributed by atoms with E-state index in [9.17, 15) is 14.3 Å². The van der Waals surface area contributed by atoms with Gasteiger partial charge in [-0.25, -0.2) is 4.39 Å². The molecule has 1 amide bonds. The van der Waals surface area contributed by atoms with Crippen molar-refractivity contribution in [3.8, 4) is 5.75 Å². The number of hydrogen-bond donors (Lipinski definition) is 2. The lowest BCUT2D eigenvalue weighted by Crippen LogP contribution is -2.46. The van der Waals surface area contributed by atoms with Gasteiger partial charge in [-0.3, -0.25) is 4.79 Å². The third kappa shape index (κ3) is 5.42. The highest BCUT2D eigenvalue weighted by atomic mass is 19.1. The minimum atomic E-state index is -0.620. The molecule has 1 unspecified atom stereocenters. The number of amides is 1. The number of fused-ring (bicyclic) bond motifs is 1. The molecule has 0 saturated carbocycles. The minimum Gasteiger partial charge on any atom is -0.497 e. The van der Waals surface area contributed by atoms with E-state index in [2.05, 4.69) is 14.8 Å². The number of carbonyl (C=O) groups is 1. The number of halogens is 1. The molecular weight excluding hydrogens is 457 g/mol. The topological polar surface area (TPSA) is 68.8 Å². The summed E-state index contributed by atoms with van der Waals surface area (Å²) in [5.74, 6) is 0.703. The van der Waals surface area contributed by atoms with Crippen LogP contribution in [0.5, 0.6) is 5.75 Å². The summed E-state index contributed by atoms with van der Waals surface area (Å²) in [4.78, 5) is 21.3. The van der Waals surface area contributed by atoms with Crippen molar-refractivity contribution < 1.29 is 19.0 Å². The van der Waals surface area contributed by atoms with Gasteiger partial charge in [0, 0.05) is 30.0 Å². The van der Waals surface area contributed by atoms with Crippen LogP contribution in [0.15, 0.2) is 48.5 Å². The molecule has 3 heterocycles. The maximum absolute atomic E-state index is 13.6. The van der Waals surface area contributed by atoms with E-state index in [-0.39, 0.29) is 23.7 Å². The molecule has 2 aliphatic rings. The van der Waals surface area contributed by atoms with Crippen molar-refractivity contribution >= 4 is 16.8 Å². The molecule has 6 nitrogen and oxygen atoms in total. The molecular formula is C29H36FN3O3. The van der Waals surface area contributed by atoms with Crippen molar-refractivity contribution in [3.05, 3.63) is 65.6 Å². The first-order chi connectivity index (χ1) is 17.5. The second-order valence-corrected chi connectivity index (χ2v) is 10.3. The summed E-state index contributed by atoms with van der Waals surface area (Å²) in [6.45, 7) is 3.58. The number of ether oxygens (including phenoxy) is 1. The molecule has 2 N–H and O–H groups in total. The third-order valence-electron chi connectivity index (χ3n) is 7.99. The lowest BCUT2D eigenvalue weighted by Gasteiger charge is -2.38. The van der Waals surface area contributed by atoms with E-state index in [0.717, 1.165) is 81.4 Å². The number of hydrogen-bond acceptors (Lipinski definition) is 4. The number of aliphatic hydroxyl groups excluding tert-OH is 1. The molecule has 0 aliphatic carbocycles. The maximum atomic E-state index is 13.6. The number of likely N-dealkylation sites (tertiary alicyclic amines) is 2. The fourth-order valence-corrected chi connectivity index (χ4v) is 5.86. The largest absolute Gasteiger partial charge is 0.497 e. The van der Waals surface area contributed by atoms with Crippen LogP contribution in [0.4, 0.5) is 4.39 Å². The van der Waals surface area contributed by atoms with Crippen molar-refractivity contribution in [1.82, 2.24) is 14.8 Å². The molecule has 3 aromatic rings. The summed E-state index contributed by atoms with van der Waals surface area (Å²) in [6.07, 6.45) is 5.35. The summed E-state index contributed by atoms with van der Waals surface area (Å²) in [6, 6.07) is 14.3. The third-order valence-corrected chi connectivity index (χ3v) is 7.99. The van der Waals surface area contributed by atoms with Crippen LogP contribution in [0.1, 0.15) is 60.7 Å². The first-order valence-electron chi connectivity index (χ1n) is 13.2. The van der Waals surface area contributed by atoms with Gasteiger partial charge in [-0.2, -0.15) is 0 Å². The zero-order chi connectivity index (χ0) is 25.1. The van der Waals surface area contributed by atoms with Gasteiger partial charge in [0.15, 0.2) is 0 Å². The molecule has 2 saturated heterocycles. The van der Waals surface area contributed by atoms with Gasteiger partial charge >= 0.3 is 0 Å². The van der Waals surface area contributed by atoms with Crippen LogP contribution >= 0.6 is 0 Å². The first-order valence-corrected chi connectivity index (χ1v) is 13.2. The van der Waals surface area contributed by atoms with E-state index in [1.807, 2.05) is 24.3 Å². The fourth-order valence-electron chi connectivity index (χ4n) is 5.86. The number of methoxy groups -OCH3 is 1. The van der Waals surface area contributed by atoms with Crippen molar-refractivity contribution in [2.75, 3.05) is 33.3 Å². The number of rotatable bonds is 7. The Hall–Kier alpha value is -2.90. The first kappa shape index (κ1) is 24.8. The van der Waals surface area contributed by atoms with Crippen LogP contribution in [0.25, 0.3) is 10.9 Å². The zero-order valence-corrected chi connectivity index (χ0v) is 21.0. The van der Waals surface area contributed by atoms with E-state index >= 15 is 0 Å². The Morgan fingerprint density at radius 2 is 1.94 bits per heavy atom. The lowest BCUT2D eigenvalue weighted by atomic mass is 9.87. The van der Waals surface area contributed by atoms with Crippen LogP contribution < -0.4 is 4.74 Å². The predicted octanol–water partition coefficient (Wildman–Crippen LogP) is 5.15. The van der Waals surface area contributed by atoms with Crippen molar-refractivity contribution in [2.45, 2.75) is 50.7 Å². The number of nitrogens with one attached hydrogen (secondary N) is 1. The van der Waals surface area contributed by atoms with Gasteiger partial charge in [0.25, 0.3) is 5.91 Å². The van der Waals surface area contributed by atoms with Crippen LogP contribution in [-0.4, -0.2) is 65.1 Å². The number of nitrogens with zero attached hydrogens (tertiary/aromatic N) is 2. The average molecular weight is 494 g/mol. The quantitative estimate of drug-likeness (QED) is 0.478. The predicted molar refractivity (Wildman–Crippen MR) is 139 cm³/mol. The van der Waals surface area contributed by atoms with Gasteiger partial charge < -0.3 is 24.6 Å². The van der Waals surface area contributed by atoms with Crippen molar-refractivity contribution in [1.29, 1.82) is 0 Å². The Kier molecular flexibility index (Phi) is 7.58. The number of piperidine rings is 2. The number of H-pyrrole nitrogens is 1. The molecule has 0 spiro atoms. The molecule has 5 rings (SSSR count). The van der Waals surface area contributed by atoms with E-state index in [1.54, 1.807) is 19.2 Å². The monoisotopic (exact) mass is 493 g/mol. The molecule has 36 heavy (non-hydrogen) atoms. The minimum absolute atomic E-state index is 0.0757. The van der Waals surface area contributed by atoms with E-state index in [1.165, 1.54) is 12.1 Å². The van der Waals surface area contributed by atoms with E-state index in [4.69, 9.17) is 4.74 Å². The second-order valence-electron chi connectivity index (χ2n) is 10.3. The SMILES string of the molecule is COc1ccc2[nH]c(C(=O)N3CCCC[C@H]3CCN3CCC(C(O)c4cccc(F)c4)CC3)cc2c1. The molecule has 1 aromatic heterocycles. The summed E-state index contributed by atoms with van der Waals surface area (Å²) >= 11 is 0. The van der Waals surface area contributed by atoms with E-state index in [0.29, 0.717) is 11.3 Å². The van der Waals surface area contributed by atoms with Crippen molar-refractivity contribution in [2.24, 2.45) is 5.92 Å². The van der Waals surface area contributed by atoms with Crippen molar-refractivity contribution in [3.63, 3.8) is 0 Å². The Balaban J connectivity index is 1.16. The molecule has 7 heteroatoms. The summed E-state index contributed by atoms with van der Waals surface area (Å²) in [7, 11) is 1.65.